The lowest BCUT2D eigenvalue weighted by Crippen LogP contribution is -2.40. The first-order chi connectivity index (χ1) is 7.77. The highest BCUT2D eigenvalue weighted by Crippen LogP contribution is 2.20. The largest absolute Gasteiger partial charge is 0.381 e. The number of pyridine rings is 1. The molecule has 0 aromatic carbocycles. The highest BCUT2D eigenvalue weighted by atomic mass is 35.5. The molecule has 16 heavy (non-hydrogen) atoms. The Kier molecular flexibility index (Phi) is 4.02. The molecular formula is C12H18ClN3. The molecule has 88 valence electrons. The van der Waals surface area contributed by atoms with E-state index < -0.39 is 0 Å². The highest BCUT2D eigenvalue weighted by Gasteiger charge is 2.18. The lowest BCUT2D eigenvalue weighted by Gasteiger charge is -2.32. The summed E-state index contributed by atoms with van der Waals surface area (Å²) in [4.78, 5) is 6.47. The summed E-state index contributed by atoms with van der Waals surface area (Å²) in [7, 11) is 2.19. The molecule has 0 radical (unpaired) electrons. The quantitative estimate of drug-likeness (QED) is 0.822. The zero-order valence-electron chi connectivity index (χ0n) is 9.62. The molecule has 4 heteroatoms. The molecular weight excluding hydrogens is 222 g/mol. The molecule has 1 aliphatic rings. The summed E-state index contributed by atoms with van der Waals surface area (Å²) in [6, 6.07) is 4.49. The second-order valence-electron chi connectivity index (χ2n) is 4.35. The third-order valence-electron chi connectivity index (χ3n) is 3.21. The van der Waals surface area contributed by atoms with Gasteiger partial charge in [-0.2, -0.15) is 0 Å². The molecule has 0 aliphatic carbocycles. The molecule has 1 fully saturated rings. The third kappa shape index (κ3) is 2.86. The fourth-order valence-corrected chi connectivity index (χ4v) is 2.33. The van der Waals surface area contributed by atoms with Crippen LogP contribution in [0.5, 0.6) is 0 Å². The Morgan fingerprint density at radius 1 is 1.56 bits per heavy atom. The van der Waals surface area contributed by atoms with E-state index >= 15 is 0 Å². The molecule has 2 rings (SSSR count). The number of hydrogen-bond acceptors (Lipinski definition) is 3. The van der Waals surface area contributed by atoms with Crippen molar-refractivity contribution in [2.75, 3.05) is 25.5 Å². The topological polar surface area (TPSA) is 28.2 Å². The van der Waals surface area contributed by atoms with E-state index in [1.807, 2.05) is 12.1 Å². The standard InChI is InChI=1S/C12H18ClN3/c1-16-8-3-2-5-10(16)9-15-11-6-4-7-14-12(11)13/h4,6-7,10,15H,2-3,5,8-9H2,1H3. The fourth-order valence-electron chi connectivity index (χ4n) is 2.15. The molecule has 0 spiro atoms. The number of halogens is 1. The van der Waals surface area contributed by atoms with Crippen LogP contribution in [-0.4, -0.2) is 36.1 Å². The van der Waals surface area contributed by atoms with E-state index in [9.17, 15) is 0 Å². The van der Waals surface area contributed by atoms with Gasteiger partial charge in [0, 0.05) is 18.8 Å². The van der Waals surface area contributed by atoms with Crippen LogP contribution in [0.25, 0.3) is 0 Å². The molecule has 2 heterocycles. The van der Waals surface area contributed by atoms with E-state index in [1.165, 1.54) is 25.8 Å². The van der Waals surface area contributed by atoms with Crippen molar-refractivity contribution in [3.05, 3.63) is 23.5 Å². The summed E-state index contributed by atoms with van der Waals surface area (Å²) in [6.45, 7) is 2.15. The van der Waals surface area contributed by atoms with Gasteiger partial charge >= 0.3 is 0 Å². The van der Waals surface area contributed by atoms with Gasteiger partial charge in [0.2, 0.25) is 0 Å². The average molecular weight is 240 g/mol. The summed E-state index contributed by atoms with van der Waals surface area (Å²) >= 11 is 5.99. The van der Waals surface area contributed by atoms with Gasteiger partial charge in [-0.15, -0.1) is 0 Å². The lowest BCUT2D eigenvalue weighted by atomic mass is 10.0. The van der Waals surface area contributed by atoms with Crippen LogP contribution in [-0.2, 0) is 0 Å². The van der Waals surface area contributed by atoms with Crippen molar-refractivity contribution in [1.82, 2.24) is 9.88 Å². The number of likely N-dealkylation sites (N-methyl/N-ethyl adjacent to an activating group) is 1. The third-order valence-corrected chi connectivity index (χ3v) is 3.51. The van der Waals surface area contributed by atoms with Crippen LogP contribution in [0, 0.1) is 0 Å². The monoisotopic (exact) mass is 239 g/mol. The Morgan fingerprint density at radius 2 is 2.44 bits per heavy atom. The molecule has 3 nitrogen and oxygen atoms in total. The molecule has 0 bridgehead atoms. The van der Waals surface area contributed by atoms with Crippen LogP contribution in [0.1, 0.15) is 19.3 Å². The second kappa shape index (κ2) is 5.51. The van der Waals surface area contributed by atoms with Gasteiger partial charge in [-0.05, 0) is 38.6 Å². The normalized spacial score (nSPS) is 22.0. The number of nitrogens with zero attached hydrogens (tertiary/aromatic N) is 2. The first-order valence-corrected chi connectivity index (χ1v) is 6.20. The van der Waals surface area contributed by atoms with Gasteiger partial charge in [0.25, 0.3) is 0 Å². The Hall–Kier alpha value is -0.800. The predicted molar refractivity (Wildman–Crippen MR) is 68.0 cm³/mol. The fraction of sp³-hybridized carbons (Fsp3) is 0.583. The van der Waals surface area contributed by atoms with Crippen molar-refractivity contribution >= 4 is 17.3 Å². The number of piperidine rings is 1. The predicted octanol–water partition coefficient (Wildman–Crippen LogP) is 2.63. The van der Waals surface area contributed by atoms with Crippen molar-refractivity contribution in [2.45, 2.75) is 25.3 Å². The maximum atomic E-state index is 5.99. The SMILES string of the molecule is CN1CCCCC1CNc1cccnc1Cl. The lowest BCUT2D eigenvalue weighted by molar-refractivity contribution is 0.194. The number of aromatic nitrogens is 1. The van der Waals surface area contributed by atoms with Gasteiger partial charge in [-0.25, -0.2) is 4.98 Å². The van der Waals surface area contributed by atoms with Gasteiger partial charge < -0.3 is 10.2 Å². The minimum Gasteiger partial charge on any atom is -0.381 e. The summed E-state index contributed by atoms with van der Waals surface area (Å²) in [6.07, 6.45) is 5.62. The Bertz CT molecular complexity index is 343. The minimum absolute atomic E-state index is 0.556. The summed E-state index contributed by atoms with van der Waals surface area (Å²) < 4.78 is 0. The molecule has 1 atom stereocenters. The Balaban J connectivity index is 1.89. The minimum atomic E-state index is 0.556. The van der Waals surface area contributed by atoms with Crippen molar-refractivity contribution in [3.8, 4) is 0 Å². The molecule has 1 unspecified atom stereocenters. The maximum Gasteiger partial charge on any atom is 0.152 e. The zero-order chi connectivity index (χ0) is 11.4. The summed E-state index contributed by atoms with van der Waals surface area (Å²) in [5, 5.41) is 3.93. The first-order valence-electron chi connectivity index (χ1n) is 5.82. The van der Waals surface area contributed by atoms with Crippen LogP contribution >= 0.6 is 11.6 Å². The highest BCUT2D eigenvalue weighted by molar-refractivity contribution is 6.31. The molecule has 1 aliphatic heterocycles. The number of hydrogen-bond donors (Lipinski definition) is 1. The van der Waals surface area contributed by atoms with E-state index in [0.717, 1.165) is 12.2 Å². The van der Waals surface area contributed by atoms with Gasteiger partial charge in [0.05, 0.1) is 5.69 Å². The van der Waals surface area contributed by atoms with Gasteiger partial charge in [0.1, 0.15) is 0 Å². The van der Waals surface area contributed by atoms with Crippen LogP contribution in [0.4, 0.5) is 5.69 Å². The molecule has 0 saturated carbocycles. The van der Waals surface area contributed by atoms with Crippen LogP contribution in [0.15, 0.2) is 18.3 Å². The van der Waals surface area contributed by atoms with Crippen molar-refractivity contribution in [2.24, 2.45) is 0 Å². The number of rotatable bonds is 3. The van der Waals surface area contributed by atoms with Crippen LogP contribution in [0.2, 0.25) is 5.15 Å². The smallest absolute Gasteiger partial charge is 0.152 e. The summed E-state index contributed by atoms with van der Waals surface area (Å²) in [5.74, 6) is 0. The first kappa shape index (κ1) is 11.7. The van der Waals surface area contributed by atoms with E-state index in [1.54, 1.807) is 6.20 Å². The number of likely N-dealkylation sites (tertiary alicyclic amines) is 1. The van der Waals surface area contributed by atoms with Crippen LogP contribution in [0.3, 0.4) is 0 Å². The van der Waals surface area contributed by atoms with Crippen molar-refractivity contribution in [1.29, 1.82) is 0 Å². The summed E-state index contributed by atoms with van der Waals surface area (Å²) in [5.41, 5.74) is 0.933. The maximum absolute atomic E-state index is 5.99. The van der Waals surface area contributed by atoms with Gasteiger partial charge in [-0.3, -0.25) is 0 Å². The van der Waals surface area contributed by atoms with Crippen LogP contribution < -0.4 is 5.32 Å². The van der Waals surface area contributed by atoms with E-state index in [0.29, 0.717) is 11.2 Å². The Morgan fingerprint density at radius 3 is 3.19 bits per heavy atom. The van der Waals surface area contributed by atoms with Gasteiger partial charge in [0.15, 0.2) is 5.15 Å². The average Bonchev–Trinajstić information content (AvgIpc) is 2.30. The molecule has 1 aromatic rings. The number of nitrogens with one attached hydrogen (secondary N) is 1. The number of anilines is 1. The van der Waals surface area contributed by atoms with E-state index in [2.05, 4.69) is 22.2 Å². The van der Waals surface area contributed by atoms with Gasteiger partial charge in [-0.1, -0.05) is 18.0 Å². The molecule has 1 aromatic heterocycles. The van der Waals surface area contributed by atoms with Crippen molar-refractivity contribution in [3.63, 3.8) is 0 Å². The Labute approximate surface area is 102 Å². The molecule has 1 saturated heterocycles. The van der Waals surface area contributed by atoms with Crippen molar-refractivity contribution < 1.29 is 0 Å². The van der Waals surface area contributed by atoms with E-state index in [4.69, 9.17) is 11.6 Å². The zero-order valence-corrected chi connectivity index (χ0v) is 10.4. The van der Waals surface area contributed by atoms with E-state index in [-0.39, 0.29) is 0 Å². The second-order valence-corrected chi connectivity index (χ2v) is 4.71. The molecule has 1 N–H and O–H groups in total. The molecule has 0 amide bonds.